The van der Waals surface area contributed by atoms with E-state index in [2.05, 4.69) is 27.7 Å². The van der Waals surface area contributed by atoms with Crippen LogP contribution in [-0.4, -0.2) is 44.7 Å². The van der Waals surface area contributed by atoms with E-state index in [1.54, 1.807) is 0 Å². The summed E-state index contributed by atoms with van der Waals surface area (Å²) in [5.74, 6) is 1.01. The summed E-state index contributed by atoms with van der Waals surface area (Å²) in [5.41, 5.74) is 0.109. The number of aliphatic hydroxyl groups excluding tert-OH is 3. The summed E-state index contributed by atoms with van der Waals surface area (Å²) >= 11 is 0. The van der Waals surface area contributed by atoms with Gasteiger partial charge in [-0.3, -0.25) is 4.79 Å². The molecule has 0 heterocycles. The van der Waals surface area contributed by atoms with Crippen LogP contribution in [0.4, 0.5) is 0 Å². The molecule has 0 amide bonds. The highest BCUT2D eigenvalue weighted by Gasteiger charge is 2.66. The van der Waals surface area contributed by atoms with E-state index in [-0.39, 0.29) is 59.0 Å². The average Bonchev–Trinajstić information content (AvgIpc) is 2.98. The molecule has 5 heteroatoms. The van der Waals surface area contributed by atoms with Gasteiger partial charge in [0.2, 0.25) is 0 Å². The highest BCUT2D eigenvalue weighted by molar-refractivity contribution is 5.66. The summed E-state index contributed by atoms with van der Waals surface area (Å²) in [6, 6.07) is 0. The fourth-order valence-electron chi connectivity index (χ4n) is 9.57. The molecule has 4 unspecified atom stereocenters. The van der Waals surface area contributed by atoms with Crippen molar-refractivity contribution < 1.29 is 25.2 Å². The van der Waals surface area contributed by atoms with E-state index in [4.69, 9.17) is 5.11 Å². The number of aliphatic hydroxyl groups is 3. The fraction of sp³-hybridized carbons (Fsp3) is 0.962. The molecule has 4 N–H and O–H groups in total. The van der Waals surface area contributed by atoms with Crippen molar-refractivity contribution in [2.75, 3.05) is 0 Å². The molecule has 4 rings (SSSR count). The largest absolute Gasteiger partial charge is 0.481 e. The van der Waals surface area contributed by atoms with Crippen LogP contribution in [0.1, 0.15) is 85.5 Å². The Morgan fingerprint density at radius 3 is 2.32 bits per heavy atom. The number of aliphatic carboxylic acids is 1. The summed E-state index contributed by atoms with van der Waals surface area (Å²) in [5, 5.41) is 42.5. The minimum Gasteiger partial charge on any atom is -0.481 e. The quantitative estimate of drug-likeness (QED) is 0.520. The van der Waals surface area contributed by atoms with Crippen LogP contribution >= 0.6 is 0 Å². The second kappa shape index (κ2) is 8.29. The Balaban J connectivity index is 1.65. The van der Waals surface area contributed by atoms with E-state index in [1.165, 1.54) is 0 Å². The first kappa shape index (κ1) is 23.5. The van der Waals surface area contributed by atoms with Crippen molar-refractivity contribution in [3.8, 4) is 0 Å². The SMILES string of the molecule is CC[C@H]1[C@@H](O)C2C3CC(O)[C@H]([C@H](C)CCC(=O)O)[C@@]3(C)CCC2[C@@]2(C)CC[C@@H](O)C[C@@H]12. The molecule has 0 aromatic carbocycles. The Morgan fingerprint density at radius 2 is 1.68 bits per heavy atom. The van der Waals surface area contributed by atoms with E-state index in [0.29, 0.717) is 18.3 Å². The molecule has 0 bridgehead atoms. The lowest BCUT2D eigenvalue weighted by molar-refractivity contribution is -0.203. The van der Waals surface area contributed by atoms with Crippen molar-refractivity contribution in [2.24, 2.45) is 52.3 Å². The molecule has 12 atom stereocenters. The Bertz CT molecular complexity index is 681. The van der Waals surface area contributed by atoms with Crippen molar-refractivity contribution in [1.82, 2.24) is 0 Å². The van der Waals surface area contributed by atoms with Gasteiger partial charge in [0.15, 0.2) is 0 Å². The van der Waals surface area contributed by atoms with Gasteiger partial charge in [-0.15, -0.1) is 0 Å². The number of carbonyl (C=O) groups is 1. The zero-order chi connectivity index (χ0) is 22.7. The third-order valence-electron chi connectivity index (χ3n) is 10.9. The molecular weight excluding hydrogens is 392 g/mol. The van der Waals surface area contributed by atoms with E-state index in [1.807, 2.05) is 0 Å². The molecule has 31 heavy (non-hydrogen) atoms. The van der Waals surface area contributed by atoms with E-state index in [9.17, 15) is 20.1 Å². The van der Waals surface area contributed by atoms with Gasteiger partial charge >= 0.3 is 5.97 Å². The first-order valence-electron chi connectivity index (χ1n) is 12.8. The lowest BCUT2D eigenvalue weighted by Crippen LogP contribution is -2.62. The van der Waals surface area contributed by atoms with Crippen molar-refractivity contribution >= 4 is 5.97 Å². The first-order chi connectivity index (χ1) is 14.5. The molecule has 4 fully saturated rings. The molecule has 0 aromatic heterocycles. The predicted octanol–water partition coefficient (Wildman–Crippen LogP) is 4.08. The molecule has 5 nitrogen and oxygen atoms in total. The van der Waals surface area contributed by atoms with Gasteiger partial charge in [-0.1, -0.05) is 34.1 Å². The first-order valence-corrected chi connectivity index (χ1v) is 12.8. The minimum atomic E-state index is -0.767. The van der Waals surface area contributed by atoms with Gasteiger partial charge in [0, 0.05) is 6.42 Å². The molecule has 4 saturated carbocycles. The topological polar surface area (TPSA) is 98.0 Å². The third-order valence-corrected chi connectivity index (χ3v) is 10.9. The van der Waals surface area contributed by atoms with Crippen LogP contribution in [-0.2, 0) is 4.79 Å². The van der Waals surface area contributed by atoms with E-state index >= 15 is 0 Å². The van der Waals surface area contributed by atoms with Crippen molar-refractivity contribution in [1.29, 1.82) is 0 Å². The van der Waals surface area contributed by atoms with Crippen molar-refractivity contribution in [2.45, 2.75) is 104 Å². The van der Waals surface area contributed by atoms with Gasteiger partial charge in [0.1, 0.15) is 0 Å². The van der Waals surface area contributed by atoms with Crippen molar-refractivity contribution in [3.63, 3.8) is 0 Å². The second-order valence-electron chi connectivity index (χ2n) is 12.2. The van der Waals surface area contributed by atoms with E-state index in [0.717, 1.165) is 44.9 Å². The van der Waals surface area contributed by atoms with Crippen LogP contribution in [0.5, 0.6) is 0 Å². The molecule has 4 aliphatic rings. The summed E-state index contributed by atoms with van der Waals surface area (Å²) in [4.78, 5) is 11.1. The number of rotatable bonds is 5. The van der Waals surface area contributed by atoms with Gasteiger partial charge in [-0.2, -0.15) is 0 Å². The smallest absolute Gasteiger partial charge is 0.303 e. The maximum atomic E-state index is 11.7. The molecule has 0 saturated heterocycles. The zero-order valence-corrected chi connectivity index (χ0v) is 19.8. The Labute approximate surface area is 187 Å². The maximum Gasteiger partial charge on any atom is 0.303 e. The molecule has 4 aliphatic carbocycles. The summed E-state index contributed by atoms with van der Waals surface area (Å²) in [7, 11) is 0. The highest BCUT2D eigenvalue weighted by Crippen LogP contribution is 2.69. The number of carboxylic acid groups (broad SMARTS) is 1. The summed E-state index contributed by atoms with van der Waals surface area (Å²) in [6.07, 6.45) is 6.23. The van der Waals surface area contributed by atoms with Crippen molar-refractivity contribution in [3.05, 3.63) is 0 Å². The fourth-order valence-corrected chi connectivity index (χ4v) is 9.57. The predicted molar refractivity (Wildman–Crippen MR) is 119 cm³/mol. The molecule has 0 aromatic rings. The Hall–Kier alpha value is -0.650. The van der Waals surface area contributed by atoms with E-state index < -0.39 is 12.1 Å². The molecule has 178 valence electrons. The average molecular weight is 437 g/mol. The number of hydrogen-bond acceptors (Lipinski definition) is 4. The zero-order valence-electron chi connectivity index (χ0n) is 19.8. The maximum absolute atomic E-state index is 11.7. The van der Waals surface area contributed by atoms with Crippen LogP contribution in [0.2, 0.25) is 0 Å². The standard InChI is InChI=1S/C26H44O5/c1-5-16-18-12-15(27)8-10-25(18,3)17-9-11-26(4)19(22(17)24(16)31)13-20(28)23(26)14(2)6-7-21(29)30/h14-20,22-24,27-28,31H,5-13H2,1-4H3,(H,29,30)/t14-,15-,16-,17?,18+,19?,20?,22?,23+,24-,25-,26+/m1/s1. The van der Waals surface area contributed by atoms with Gasteiger partial charge in [0.25, 0.3) is 0 Å². The third kappa shape index (κ3) is 3.58. The highest BCUT2D eigenvalue weighted by atomic mass is 16.4. The van der Waals surface area contributed by atoms with Gasteiger partial charge in [-0.05, 0) is 97.2 Å². The Morgan fingerprint density at radius 1 is 1.00 bits per heavy atom. The van der Waals surface area contributed by atoms with Crippen LogP contribution in [0.25, 0.3) is 0 Å². The van der Waals surface area contributed by atoms with Crippen LogP contribution in [0.15, 0.2) is 0 Å². The number of hydrogen-bond donors (Lipinski definition) is 4. The summed E-state index contributed by atoms with van der Waals surface area (Å²) < 4.78 is 0. The summed E-state index contributed by atoms with van der Waals surface area (Å²) in [6.45, 7) is 9.04. The lowest BCUT2D eigenvalue weighted by Gasteiger charge is -2.64. The van der Waals surface area contributed by atoms with Gasteiger partial charge in [-0.25, -0.2) is 0 Å². The molecule has 0 radical (unpaired) electrons. The molecular formula is C26H44O5. The molecule has 0 spiro atoms. The molecule has 0 aliphatic heterocycles. The van der Waals surface area contributed by atoms with Gasteiger partial charge in [0.05, 0.1) is 18.3 Å². The van der Waals surface area contributed by atoms with Crippen LogP contribution < -0.4 is 0 Å². The minimum absolute atomic E-state index is 0.0465. The van der Waals surface area contributed by atoms with Crippen LogP contribution in [0, 0.1) is 52.3 Å². The number of fused-ring (bicyclic) bond motifs is 5. The van der Waals surface area contributed by atoms with Gasteiger partial charge < -0.3 is 20.4 Å². The second-order valence-corrected chi connectivity index (χ2v) is 12.2. The normalized spacial score (nSPS) is 52.7. The monoisotopic (exact) mass is 436 g/mol. The number of carboxylic acids is 1. The Kier molecular flexibility index (Phi) is 6.28. The lowest BCUT2D eigenvalue weighted by atomic mass is 9.41. The van der Waals surface area contributed by atoms with Crippen LogP contribution in [0.3, 0.4) is 0 Å².